The zero-order valence-electron chi connectivity index (χ0n) is 18.9. The third-order valence-electron chi connectivity index (χ3n) is 4.21. The third kappa shape index (κ3) is 7.52. The number of carbonyl (C=O) groups excluding carboxylic acids is 2. The maximum atomic E-state index is 12.9. The minimum atomic E-state index is -4.19. The molecule has 0 aliphatic carbocycles. The van der Waals surface area contributed by atoms with E-state index in [1.165, 1.54) is 18.3 Å². The zero-order valence-corrected chi connectivity index (χ0v) is 19.7. The van der Waals surface area contributed by atoms with E-state index in [9.17, 15) is 18.0 Å². The molecule has 2 amide bonds. The van der Waals surface area contributed by atoms with E-state index in [0.29, 0.717) is 16.9 Å². The van der Waals surface area contributed by atoms with Gasteiger partial charge >= 0.3 is 6.09 Å². The van der Waals surface area contributed by atoms with Crippen LogP contribution in [0.4, 0.5) is 10.6 Å². The van der Waals surface area contributed by atoms with Gasteiger partial charge in [-0.3, -0.25) is 4.79 Å². The van der Waals surface area contributed by atoms with Crippen molar-refractivity contribution in [3.63, 3.8) is 0 Å². The lowest BCUT2D eigenvalue weighted by Crippen LogP contribution is -2.50. The number of aromatic nitrogens is 1. The van der Waals surface area contributed by atoms with E-state index in [0.717, 1.165) is 0 Å². The number of nitrogen functional groups attached to an aromatic ring is 1. The Hall–Kier alpha value is -3.14. The number of rotatable bonds is 7. The predicted octanol–water partition coefficient (Wildman–Crippen LogP) is 3.08. The Morgan fingerprint density at radius 1 is 1.12 bits per heavy atom. The van der Waals surface area contributed by atoms with Crippen molar-refractivity contribution in [1.29, 1.82) is 0 Å². The number of hydrogen-bond acceptors (Lipinski definition) is 7. The van der Waals surface area contributed by atoms with E-state index in [1.54, 1.807) is 45.0 Å². The predicted molar refractivity (Wildman–Crippen MR) is 122 cm³/mol. The molecule has 0 aliphatic heterocycles. The average molecular weight is 463 g/mol. The summed E-state index contributed by atoms with van der Waals surface area (Å²) in [5.74, 6) is -0.527. The normalized spacial score (nSPS) is 12.8. The van der Waals surface area contributed by atoms with Crippen molar-refractivity contribution in [1.82, 2.24) is 15.0 Å². The molecule has 0 unspecified atom stereocenters. The van der Waals surface area contributed by atoms with Crippen LogP contribution in [0.5, 0.6) is 0 Å². The lowest BCUT2D eigenvalue weighted by Gasteiger charge is -2.24. The van der Waals surface area contributed by atoms with Gasteiger partial charge in [0.05, 0.1) is 4.90 Å². The van der Waals surface area contributed by atoms with E-state index in [4.69, 9.17) is 10.5 Å². The van der Waals surface area contributed by atoms with Crippen molar-refractivity contribution in [2.24, 2.45) is 5.92 Å². The van der Waals surface area contributed by atoms with Gasteiger partial charge < -0.3 is 15.8 Å². The smallest absolute Gasteiger partial charge is 0.408 e. The molecule has 0 saturated heterocycles. The number of carbonyl (C=O) groups is 2. The van der Waals surface area contributed by atoms with Gasteiger partial charge in [0.15, 0.2) is 0 Å². The van der Waals surface area contributed by atoms with Gasteiger partial charge in [0.1, 0.15) is 17.5 Å². The van der Waals surface area contributed by atoms with Crippen molar-refractivity contribution in [3.8, 4) is 11.1 Å². The fraction of sp³-hybridized carbons (Fsp3) is 0.409. The van der Waals surface area contributed by atoms with Gasteiger partial charge in [-0.2, -0.15) is 0 Å². The summed E-state index contributed by atoms with van der Waals surface area (Å²) in [4.78, 5) is 28.7. The second-order valence-electron chi connectivity index (χ2n) is 8.80. The molecule has 9 nitrogen and oxygen atoms in total. The number of ether oxygens (including phenoxy) is 1. The zero-order chi connectivity index (χ0) is 24.1. The molecule has 4 N–H and O–H groups in total. The Bertz CT molecular complexity index is 1080. The summed E-state index contributed by atoms with van der Waals surface area (Å²) >= 11 is 0. The number of anilines is 1. The fourth-order valence-electron chi connectivity index (χ4n) is 2.89. The summed E-state index contributed by atoms with van der Waals surface area (Å²) < 4.78 is 33.0. The molecule has 2 rings (SSSR count). The van der Waals surface area contributed by atoms with Crippen LogP contribution in [0.1, 0.15) is 41.0 Å². The summed E-state index contributed by atoms with van der Waals surface area (Å²) in [5, 5.41) is 2.46. The summed E-state index contributed by atoms with van der Waals surface area (Å²) in [6.07, 6.45) is 0.955. The standard InChI is InChI=1S/C22H30N4O5S/c1-14(2)11-18(25-21(28)31-22(3,4)5)20(27)26-32(29,30)17-8-6-7-15(12-17)16-9-10-24-19(23)13-16/h6-10,12-14,18H,11H2,1-5H3,(H2,23,24)(H,25,28)(H,26,27)/t18-/m0/s1. The quantitative estimate of drug-likeness (QED) is 0.574. The Balaban J connectivity index is 2.23. The summed E-state index contributed by atoms with van der Waals surface area (Å²) in [6.45, 7) is 8.79. The first-order valence-corrected chi connectivity index (χ1v) is 11.6. The number of pyridine rings is 1. The molecule has 0 bridgehead atoms. The molecule has 10 heteroatoms. The van der Waals surface area contributed by atoms with Crippen LogP contribution < -0.4 is 15.8 Å². The first-order valence-electron chi connectivity index (χ1n) is 10.1. The number of nitrogens with two attached hydrogens (primary N) is 1. The van der Waals surface area contributed by atoms with Crippen molar-refractivity contribution >= 4 is 27.8 Å². The van der Waals surface area contributed by atoms with Gasteiger partial charge in [0, 0.05) is 6.20 Å². The summed E-state index contributed by atoms with van der Waals surface area (Å²) in [6, 6.07) is 8.34. The van der Waals surface area contributed by atoms with Crippen molar-refractivity contribution in [2.75, 3.05) is 5.73 Å². The number of nitrogens with zero attached hydrogens (tertiary/aromatic N) is 1. The minimum Gasteiger partial charge on any atom is -0.444 e. The Kier molecular flexibility index (Phi) is 7.84. The molecule has 0 aliphatic rings. The largest absolute Gasteiger partial charge is 0.444 e. The SMILES string of the molecule is CC(C)C[C@H](NC(=O)OC(C)(C)C)C(=O)NS(=O)(=O)c1cccc(-c2ccnc(N)c2)c1. The second kappa shape index (κ2) is 9.99. The Morgan fingerprint density at radius 2 is 1.78 bits per heavy atom. The first-order chi connectivity index (χ1) is 14.8. The van der Waals surface area contributed by atoms with E-state index in [1.807, 2.05) is 13.8 Å². The van der Waals surface area contributed by atoms with Crippen LogP contribution >= 0.6 is 0 Å². The molecule has 1 atom stereocenters. The molecule has 0 spiro atoms. The van der Waals surface area contributed by atoms with Crippen LogP contribution in [0.3, 0.4) is 0 Å². The number of nitrogens with one attached hydrogen (secondary N) is 2. The summed E-state index contributed by atoms with van der Waals surface area (Å²) in [7, 11) is -4.19. The molecule has 1 heterocycles. The third-order valence-corrected chi connectivity index (χ3v) is 5.55. The average Bonchev–Trinajstić information content (AvgIpc) is 2.65. The molecule has 32 heavy (non-hydrogen) atoms. The highest BCUT2D eigenvalue weighted by molar-refractivity contribution is 7.90. The van der Waals surface area contributed by atoms with Gasteiger partial charge in [-0.05, 0) is 68.5 Å². The maximum Gasteiger partial charge on any atom is 0.408 e. The van der Waals surface area contributed by atoms with Crippen LogP contribution in [-0.4, -0.2) is 37.0 Å². The van der Waals surface area contributed by atoms with Crippen molar-refractivity contribution < 1.29 is 22.7 Å². The molecule has 0 fully saturated rings. The highest BCUT2D eigenvalue weighted by Gasteiger charge is 2.28. The monoisotopic (exact) mass is 462 g/mol. The molecule has 0 radical (unpaired) electrons. The van der Waals surface area contributed by atoms with Crippen LogP contribution in [0, 0.1) is 5.92 Å². The lowest BCUT2D eigenvalue weighted by molar-refractivity contribution is -0.121. The fourth-order valence-corrected chi connectivity index (χ4v) is 3.95. The number of amides is 2. The van der Waals surface area contributed by atoms with Crippen LogP contribution in [0.2, 0.25) is 0 Å². The van der Waals surface area contributed by atoms with E-state index in [-0.39, 0.29) is 17.2 Å². The van der Waals surface area contributed by atoms with Crippen molar-refractivity contribution in [2.45, 2.75) is 57.6 Å². The van der Waals surface area contributed by atoms with Crippen LogP contribution in [0.15, 0.2) is 47.5 Å². The molecule has 174 valence electrons. The van der Waals surface area contributed by atoms with Gasteiger partial charge in [0.2, 0.25) is 0 Å². The molecular formula is C22H30N4O5S. The van der Waals surface area contributed by atoms with Gasteiger partial charge in [0.25, 0.3) is 15.9 Å². The Labute approximate surface area is 188 Å². The number of benzene rings is 1. The molecule has 2 aromatic rings. The highest BCUT2D eigenvalue weighted by Crippen LogP contribution is 2.23. The van der Waals surface area contributed by atoms with E-state index in [2.05, 4.69) is 15.0 Å². The van der Waals surface area contributed by atoms with Gasteiger partial charge in [-0.15, -0.1) is 0 Å². The van der Waals surface area contributed by atoms with Gasteiger partial charge in [-0.1, -0.05) is 26.0 Å². The molecule has 0 saturated carbocycles. The molecule has 1 aromatic carbocycles. The highest BCUT2D eigenvalue weighted by atomic mass is 32.2. The number of hydrogen-bond donors (Lipinski definition) is 3. The summed E-state index contributed by atoms with van der Waals surface area (Å²) in [5.41, 5.74) is 6.23. The number of alkyl carbamates (subject to hydrolysis) is 1. The Morgan fingerprint density at radius 3 is 2.38 bits per heavy atom. The lowest BCUT2D eigenvalue weighted by atomic mass is 10.0. The second-order valence-corrected chi connectivity index (χ2v) is 10.5. The molecule has 1 aromatic heterocycles. The topological polar surface area (TPSA) is 140 Å². The van der Waals surface area contributed by atoms with Crippen LogP contribution in [-0.2, 0) is 19.6 Å². The van der Waals surface area contributed by atoms with Crippen LogP contribution in [0.25, 0.3) is 11.1 Å². The van der Waals surface area contributed by atoms with E-state index < -0.39 is 33.7 Å². The first kappa shape index (κ1) is 25.1. The van der Waals surface area contributed by atoms with E-state index >= 15 is 0 Å². The minimum absolute atomic E-state index is 0.0175. The number of sulfonamides is 1. The van der Waals surface area contributed by atoms with Crippen molar-refractivity contribution in [3.05, 3.63) is 42.6 Å². The van der Waals surface area contributed by atoms with Gasteiger partial charge in [-0.25, -0.2) is 22.9 Å². The maximum absolute atomic E-state index is 12.9. The molecular weight excluding hydrogens is 432 g/mol.